The number of amides is 1. The molecule has 1 heterocycles. The molecule has 10 unspecified atom stereocenters. The van der Waals surface area contributed by atoms with Crippen LogP contribution in [0.15, 0.2) is 30.3 Å². The van der Waals surface area contributed by atoms with Crippen molar-refractivity contribution in [2.24, 2.45) is 46.3 Å². The van der Waals surface area contributed by atoms with E-state index in [-0.39, 0.29) is 23.0 Å². The summed E-state index contributed by atoms with van der Waals surface area (Å²) in [5.41, 5.74) is 1.82. The molecule has 5 aliphatic rings. The molecule has 5 fully saturated rings. The Balaban J connectivity index is 1.05. The van der Waals surface area contributed by atoms with Crippen LogP contribution in [0, 0.1) is 46.3 Å². The van der Waals surface area contributed by atoms with E-state index in [2.05, 4.69) is 60.9 Å². The number of anilines is 1. The molecule has 6 rings (SSSR count). The molecule has 2 N–H and O–H groups in total. The van der Waals surface area contributed by atoms with Crippen molar-refractivity contribution in [3.05, 3.63) is 30.3 Å². The number of aliphatic hydroxyl groups excluding tert-OH is 2. The molecule has 4 saturated carbocycles. The van der Waals surface area contributed by atoms with Gasteiger partial charge >= 0.3 is 0 Å². The number of para-hydroxylation sites is 1. The number of fused-ring (bicyclic) bond motifs is 5. The van der Waals surface area contributed by atoms with Crippen LogP contribution < -0.4 is 4.90 Å². The van der Waals surface area contributed by atoms with Crippen molar-refractivity contribution in [2.45, 2.75) is 97.2 Å². The minimum absolute atomic E-state index is 0.173. The van der Waals surface area contributed by atoms with E-state index in [0.29, 0.717) is 47.8 Å². The largest absolute Gasteiger partial charge is 0.393 e. The zero-order valence-electron chi connectivity index (χ0n) is 24.6. The van der Waals surface area contributed by atoms with Crippen molar-refractivity contribution in [3.63, 3.8) is 0 Å². The predicted molar refractivity (Wildman–Crippen MR) is 156 cm³/mol. The number of aliphatic hydroxyl groups is 2. The molecule has 0 bridgehead atoms. The maximum atomic E-state index is 13.2. The number of hydrogen-bond donors (Lipinski definition) is 2. The molecule has 216 valence electrons. The highest BCUT2D eigenvalue weighted by Crippen LogP contribution is 2.68. The van der Waals surface area contributed by atoms with E-state index in [1.165, 1.54) is 31.4 Å². The second-order valence-electron chi connectivity index (χ2n) is 14.7. The normalized spacial score (nSPS) is 42.8. The molecular formula is C34H52N2O3. The van der Waals surface area contributed by atoms with E-state index in [9.17, 15) is 15.0 Å². The third-order valence-corrected chi connectivity index (χ3v) is 13.0. The summed E-state index contributed by atoms with van der Waals surface area (Å²) in [5, 5.41) is 21.9. The van der Waals surface area contributed by atoms with Crippen LogP contribution in [0.5, 0.6) is 0 Å². The molecule has 1 aromatic rings. The average molecular weight is 537 g/mol. The fourth-order valence-electron chi connectivity index (χ4n) is 10.7. The Morgan fingerprint density at radius 3 is 2.36 bits per heavy atom. The van der Waals surface area contributed by atoms with Crippen LogP contribution in [0.1, 0.15) is 85.0 Å². The first-order valence-corrected chi connectivity index (χ1v) is 16.1. The second-order valence-corrected chi connectivity index (χ2v) is 14.7. The summed E-state index contributed by atoms with van der Waals surface area (Å²) < 4.78 is 0. The highest BCUT2D eigenvalue weighted by atomic mass is 16.3. The van der Waals surface area contributed by atoms with Gasteiger partial charge in [-0.2, -0.15) is 0 Å². The maximum absolute atomic E-state index is 13.2. The van der Waals surface area contributed by atoms with Crippen LogP contribution in [0.4, 0.5) is 5.69 Å². The van der Waals surface area contributed by atoms with Crippen LogP contribution in [0.2, 0.25) is 0 Å². The molecule has 1 amide bonds. The molecule has 5 nitrogen and oxygen atoms in total. The van der Waals surface area contributed by atoms with Gasteiger partial charge in [0.1, 0.15) is 0 Å². The summed E-state index contributed by atoms with van der Waals surface area (Å²) >= 11 is 0. The van der Waals surface area contributed by atoms with Gasteiger partial charge in [0.25, 0.3) is 0 Å². The molecule has 0 aromatic heterocycles. The number of rotatable bonds is 5. The third kappa shape index (κ3) is 4.84. The lowest BCUT2D eigenvalue weighted by Crippen LogP contribution is -2.58. The summed E-state index contributed by atoms with van der Waals surface area (Å²) in [6, 6.07) is 10.5. The van der Waals surface area contributed by atoms with Gasteiger partial charge in [-0.15, -0.1) is 0 Å². The SMILES string of the molecule is CC(CCC(=O)N1CCN(c2ccccc2)CC1)C1CCC2C3C(O)CC4CC(O)CCC4(C)C3CCC12C. The Labute approximate surface area is 236 Å². The van der Waals surface area contributed by atoms with E-state index in [4.69, 9.17) is 0 Å². The van der Waals surface area contributed by atoms with Gasteiger partial charge in [-0.05, 0) is 116 Å². The zero-order chi connectivity index (χ0) is 27.4. The number of nitrogens with zero attached hydrogens (tertiary/aromatic N) is 2. The van der Waals surface area contributed by atoms with Crippen molar-refractivity contribution < 1.29 is 15.0 Å². The van der Waals surface area contributed by atoms with Crippen LogP contribution >= 0.6 is 0 Å². The van der Waals surface area contributed by atoms with E-state index < -0.39 is 0 Å². The molecule has 0 spiro atoms. The summed E-state index contributed by atoms with van der Waals surface area (Å²) in [5.74, 6) is 3.61. The number of hydrogen-bond acceptors (Lipinski definition) is 4. The molecule has 5 heteroatoms. The van der Waals surface area contributed by atoms with Crippen LogP contribution in [-0.2, 0) is 4.79 Å². The minimum atomic E-state index is -0.215. The molecule has 39 heavy (non-hydrogen) atoms. The first kappa shape index (κ1) is 27.6. The van der Waals surface area contributed by atoms with Crippen molar-refractivity contribution in [3.8, 4) is 0 Å². The summed E-state index contributed by atoms with van der Waals surface area (Å²) in [6.07, 6.45) is 10.1. The highest BCUT2D eigenvalue weighted by Gasteiger charge is 2.62. The smallest absolute Gasteiger partial charge is 0.222 e. The Kier molecular flexibility index (Phi) is 7.54. The van der Waals surface area contributed by atoms with Gasteiger partial charge in [-0.3, -0.25) is 4.79 Å². The van der Waals surface area contributed by atoms with Gasteiger partial charge in [-0.1, -0.05) is 39.0 Å². The lowest BCUT2D eigenvalue weighted by molar-refractivity contribution is -0.174. The van der Waals surface area contributed by atoms with E-state index in [1.807, 2.05) is 0 Å². The molecule has 1 aromatic carbocycles. The van der Waals surface area contributed by atoms with Crippen molar-refractivity contribution in [2.75, 3.05) is 31.1 Å². The highest BCUT2D eigenvalue weighted by molar-refractivity contribution is 5.76. The lowest BCUT2D eigenvalue weighted by Gasteiger charge is -2.62. The summed E-state index contributed by atoms with van der Waals surface area (Å²) in [7, 11) is 0. The Bertz CT molecular complexity index is 1010. The number of carbonyl (C=O) groups is 1. The Morgan fingerprint density at radius 1 is 0.923 bits per heavy atom. The predicted octanol–water partition coefficient (Wildman–Crippen LogP) is 5.74. The topological polar surface area (TPSA) is 64.0 Å². The van der Waals surface area contributed by atoms with Gasteiger partial charge in [0.15, 0.2) is 0 Å². The molecule has 1 saturated heterocycles. The third-order valence-electron chi connectivity index (χ3n) is 13.0. The monoisotopic (exact) mass is 536 g/mol. The van der Waals surface area contributed by atoms with Gasteiger partial charge in [0.05, 0.1) is 12.2 Å². The van der Waals surface area contributed by atoms with E-state index in [1.54, 1.807) is 0 Å². The summed E-state index contributed by atoms with van der Waals surface area (Å²) in [4.78, 5) is 17.7. The average Bonchev–Trinajstić information content (AvgIpc) is 3.30. The number of piperazine rings is 1. The first-order chi connectivity index (χ1) is 18.7. The van der Waals surface area contributed by atoms with E-state index >= 15 is 0 Å². The fourth-order valence-corrected chi connectivity index (χ4v) is 10.7. The maximum Gasteiger partial charge on any atom is 0.222 e. The first-order valence-electron chi connectivity index (χ1n) is 16.1. The van der Waals surface area contributed by atoms with Gasteiger partial charge < -0.3 is 20.0 Å². The Morgan fingerprint density at radius 2 is 1.62 bits per heavy atom. The van der Waals surface area contributed by atoms with Crippen LogP contribution in [0.3, 0.4) is 0 Å². The van der Waals surface area contributed by atoms with Crippen molar-refractivity contribution in [1.29, 1.82) is 0 Å². The molecule has 10 atom stereocenters. The molecule has 1 aliphatic heterocycles. The van der Waals surface area contributed by atoms with E-state index in [0.717, 1.165) is 58.3 Å². The number of carbonyl (C=O) groups excluding carboxylic acids is 1. The van der Waals surface area contributed by atoms with Crippen LogP contribution in [0.25, 0.3) is 0 Å². The quantitative estimate of drug-likeness (QED) is 0.504. The standard InChI is InChI=1S/C34H52N2O3/c1-23(9-12-31(39)36-19-17-35(18-20-36)25-7-5-4-6-8-25)27-10-11-28-32-29(14-16-34(27,28)3)33(2)15-13-26(37)21-24(33)22-30(32)38/h4-8,23-24,26-30,32,37-38H,9-22H2,1-3H3. The summed E-state index contributed by atoms with van der Waals surface area (Å²) in [6.45, 7) is 10.9. The fraction of sp³-hybridized carbons (Fsp3) is 0.794. The van der Waals surface area contributed by atoms with Gasteiger partial charge in [0.2, 0.25) is 5.91 Å². The Hall–Kier alpha value is -1.59. The second kappa shape index (κ2) is 10.7. The molecular weight excluding hydrogens is 484 g/mol. The van der Waals surface area contributed by atoms with Crippen molar-refractivity contribution >= 4 is 11.6 Å². The van der Waals surface area contributed by atoms with Gasteiger partial charge in [-0.25, -0.2) is 0 Å². The molecule has 0 radical (unpaired) electrons. The van der Waals surface area contributed by atoms with Crippen molar-refractivity contribution in [1.82, 2.24) is 4.90 Å². The zero-order valence-corrected chi connectivity index (χ0v) is 24.6. The number of benzene rings is 1. The van der Waals surface area contributed by atoms with Gasteiger partial charge in [0, 0.05) is 38.3 Å². The molecule has 4 aliphatic carbocycles. The lowest BCUT2D eigenvalue weighted by atomic mass is 9.43. The minimum Gasteiger partial charge on any atom is -0.393 e. The van der Waals surface area contributed by atoms with Crippen LogP contribution in [-0.4, -0.2) is 59.4 Å².